The molecule has 0 heterocycles. The summed E-state index contributed by atoms with van der Waals surface area (Å²) in [4.78, 5) is 22.3. The predicted molar refractivity (Wildman–Crippen MR) is 98.3 cm³/mol. The summed E-state index contributed by atoms with van der Waals surface area (Å²) in [5, 5.41) is 0. The van der Waals surface area contributed by atoms with E-state index in [1.54, 1.807) is 0 Å². The lowest BCUT2D eigenvalue weighted by Gasteiger charge is -2.08. The minimum Gasteiger partial charge on any atom is -0.462 e. The molecule has 0 amide bonds. The van der Waals surface area contributed by atoms with Crippen molar-refractivity contribution < 1.29 is 32.6 Å². The zero-order chi connectivity index (χ0) is 20.7. The first-order chi connectivity index (χ1) is 13.3. The minimum absolute atomic E-state index is 0.116. The molecule has 2 aromatic rings. The van der Waals surface area contributed by atoms with Crippen LogP contribution in [0.1, 0.15) is 6.92 Å². The predicted octanol–water partition coefficient (Wildman–Crippen LogP) is 4.69. The highest BCUT2D eigenvalue weighted by Crippen LogP contribution is 2.29. The summed E-state index contributed by atoms with van der Waals surface area (Å²) in [5.41, 5.74) is 0.578. The van der Waals surface area contributed by atoms with Gasteiger partial charge in [-0.3, -0.25) is 0 Å². The molecule has 0 bridgehead atoms. The fraction of sp³-hybridized carbons (Fsp3) is 0.0476. The lowest BCUT2D eigenvalue weighted by Crippen LogP contribution is -2.04. The van der Waals surface area contributed by atoms with Gasteiger partial charge in [-0.05, 0) is 36.8 Å². The third-order valence-electron chi connectivity index (χ3n) is 3.34. The lowest BCUT2D eigenvalue weighted by molar-refractivity contribution is -0.133. The third kappa shape index (κ3) is 5.38. The van der Waals surface area contributed by atoms with E-state index in [0.717, 1.165) is 30.7 Å². The van der Waals surface area contributed by atoms with Crippen LogP contribution in [-0.2, 0) is 14.3 Å². The van der Waals surface area contributed by atoms with Gasteiger partial charge in [-0.15, -0.1) is 0 Å². The molecule has 2 rings (SSSR count). The maximum absolute atomic E-state index is 14.4. The summed E-state index contributed by atoms with van der Waals surface area (Å²) >= 11 is 0. The molecule has 0 aliphatic heterocycles. The Hall–Kier alpha value is -3.74. The van der Waals surface area contributed by atoms with E-state index < -0.39 is 23.6 Å². The van der Waals surface area contributed by atoms with Crippen LogP contribution in [0.15, 0.2) is 73.7 Å². The Balaban J connectivity index is 2.11. The van der Waals surface area contributed by atoms with Crippen LogP contribution < -0.4 is 9.47 Å². The van der Waals surface area contributed by atoms with Gasteiger partial charge >= 0.3 is 11.9 Å². The SMILES string of the molecule is C=CC(=O)Oc1ccc(-c2ccc(O/C=C\OC(=O)C(=C)C)cc2F)cc1F. The summed E-state index contributed by atoms with van der Waals surface area (Å²) in [6, 6.07) is 7.60. The second-order valence-electron chi connectivity index (χ2n) is 5.49. The zero-order valence-corrected chi connectivity index (χ0v) is 14.9. The van der Waals surface area contributed by atoms with Gasteiger partial charge in [0.05, 0.1) is 0 Å². The molecule has 7 heteroatoms. The van der Waals surface area contributed by atoms with Crippen molar-refractivity contribution in [1.29, 1.82) is 0 Å². The summed E-state index contributed by atoms with van der Waals surface area (Å²) in [5.74, 6) is -3.06. The third-order valence-corrected chi connectivity index (χ3v) is 3.34. The number of esters is 2. The van der Waals surface area contributed by atoms with E-state index in [4.69, 9.17) is 9.47 Å². The van der Waals surface area contributed by atoms with Crippen molar-refractivity contribution in [3.8, 4) is 22.6 Å². The molecule has 0 atom stereocenters. The van der Waals surface area contributed by atoms with E-state index >= 15 is 0 Å². The monoisotopic (exact) mass is 386 g/mol. The summed E-state index contributed by atoms with van der Waals surface area (Å²) in [6.07, 6.45) is 2.97. The number of benzene rings is 2. The molecule has 0 saturated heterocycles. The fourth-order valence-corrected chi connectivity index (χ4v) is 2.00. The molecule has 2 aromatic carbocycles. The van der Waals surface area contributed by atoms with Gasteiger partial charge in [-0.1, -0.05) is 19.2 Å². The maximum atomic E-state index is 14.4. The highest BCUT2D eigenvalue weighted by molar-refractivity contribution is 5.87. The quantitative estimate of drug-likeness (QED) is 0.299. The minimum atomic E-state index is -0.824. The van der Waals surface area contributed by atoms with Gasteiger partial charge in [0.25, 0.3) is 0 Å². The highest BCUT2D eigenvalue weighted by Gasteiger charge is 2.12. The Bertz CT molecular complexity index is 963. The summed E-state index contributed by atoms with van der Waals surface area (Å²) < 4.78 is 43.0. The normalized spacial score (nSPS) is 10.4. The van der Waals surface area contributed by atoms with Crippen LogP contribution >= 0.6 is 0 Å². The Morgan fingerprint density at radius 3 is 2.39 bits per heavy atom. The maximum Gasteiger partial charge on any atom is 0.338 e. The molecular weight excluding hydrogens is 370 g/mol. The molecule has 0 aliphatic rings. The van der Waals surface area contributed by atoms with Crippen molar-refractivity contribution in [3.63, 3.8) is 0 Å². The summed E-state index contributed by atoms with van der Waals surface area (Å²) in [7, 11) is 0. The molecule has 0 unspecified atom stereocenters. The Morgan fingerprint density at radius 2 is 1.79 bits per heavy atom. The molecule has 0 spiro atoms. The van der Waals surface area contributed by atoms with Gasteiger partial charge < -0.3 is 14.2 Å². The van der Waals surface area contributed by atoms with E-state index in [1.165, 1.54) is 31.2 Å². The van der Waals surface area contributed by atoms with Crippen molar-refractivity contribution in [2.45, 2.75) is 6.92 Å². The van der Waals surface area contributed by atoms with Gasteiger partial charge in [0.15, 0.2) is 11.6 Å². The van der Waals surface area contributed by atoms with E-state index in [9.17, 15) is 18.4 Å². The number of rotatable bonds is 7. The van der Waals surface area contributed by atoms with E-state index in [2.05, 4.69) is 17.9 Å². The van der Waals surface area contributed by atoms with E-state index in [1.807, 2.05) is 0 Å². The van der Waals surface area contributed by atoms with Gasteiger partial charge in [0.2, 0.25) is 0 Å². The molecule has 0 saturated carbocycles. The van der Waals surface area contributed by atoms with Crippen LogP contribution in [0.5, 0.6) is 11.5 Å². The Morgan fingerprint density at radius 1 is 1.04 bits per heavy atom. The van der Waals surface area contributed by atoms with Crippen LogP contribution in [0, 0.1) is 11.6 Å². The number of hydrogen-bond donors (Lipinski definition) is 0. The topological polar surface area (TPSA) is 61.8 Å². The number of ether oxygens (including phenoxy) is 3. The highest BCUT2D eigenvalue weighted by atomic mass is 19.1. The van der Waals surface area contributed by atoms with Crippen LogP contribution in [0.2, 0.25) is 0 Å². The van der Waals surface area contributed by atoms with Crippen LogP contribution in [0.25, 0.3) is 11.1 Å². The van der Waals surface area contributed by atoms with E-state index in [-0.39, 0.29) is 28.2 Å². The van der Waals surface area contributed by atoms with Crippen LogP contribution in [0.4, 0.5) is 8.78 Å². The van der Waals surface area contributed by atoms with Crippen molar-refractivity contribution in [3.05, 3.63) is 85.4 Å². The standard InChI is InChI=1S/C21H16F2O5/c1-4-20(24)28-19-8-5-14(11-18(19)23)16-7-6-15(12-17(16)22)26-9-10-27-21(25)13(2)3/h4-12H,1-2H2,3H3/b10-9-. The van der Waals surface area contributed by atoms with Gasteiger partial charge in [-0.25, -0.2) is 18.4 Å². The van der Waals surface area contributed by atoms with Crippen molar-refractivity contribution >= 4 is 11.9 Å². The average molecular weight is 386 g/mol. The molecule has 144 valence electrons. The number of halogens is 2. The van der Waals surface area contributed by atoms with Gasteiger partial charge in [0.1, 0.15) is 24.1 Å². The number of hydrogen-bond acceptors (Lipinski definition) is 5. The molecule has 0 aromatic heterocycles. The van der Waals surface area contributed by atoms with Gasteiger partial charge in [0, 0.05) is 23.3 Å². The van der Waals surface area contributed by atoms with E-state index in [0.29, 0.717) is 0 Å². The fourth-order valence-electron chi connectivity index (χ4n) is 2.00. The molecule has 28 heavy (non-hydrogen) atoms. The number of carbonyl (C=O) groups excluding carboxylic acids is 2. The van der Waals surface area contributed by atoms with Gasteiger partial charge in [-0.2, -0.15) is 0 Å². The number of carbonyl (C=O) groups is 2. The van der Waals surface area contributed by atoms with Crippen LogP contribution in [-0.4, -0.2) is 11.9 Å². The van der Waals surface area contributed by atoms with Crippen molar-refractivity contribution in [2.24, 2.45) is 0 Å². The lowest BCUT2D eigenvalue weighted by atomic mass is 10.0. The first-order valence-electron chi connectivity index (χ1n) is 7.93. The van der Waals surface area contributed by atoms with Crippen molar-refractivity contribution in [1.82, 2.24) is 0 Å². The zero-order valence-electron chi connectivity index (χ0n) is 14.9. The molecular formula is C21H16F2O5. The molecule has 0 aliphatic carbocycles. The Kier molecular flexibility index (Phi) is 6.81. The Labute approximate surface area is 160 Å². The largest absolute Gasteiger partial charge is 0.462 e. The van der Waals surface area contributed by atoms with Crippen molar-refractivity contribution in [2.75, 3.05) is 0 Å². The average Bonchev–Trinajstić information content (AvgIpc) is 2.66. The smallest absolute Gasteiger partial charge is 0.338 e. The molecule has 5 nitrogen and oxygen atoms in total. The molecule has 0 radical (unpaired) electrons. The first-order valence-corrected chi connectivity index (χ1v) is 7.93. The van der Waals surface area contributed by atoms with Crippen LogP contribution in [0.3, 0.4) is 0 Å². The molecule has 0 fully saturated rings. The second-order valence-corrected chi connectivity index (χ2v) is 5.49. The first kappa shape index (κ1) is 20.6. The summed E-state index contributed by atoms with van der Waals surface area (Å²) in [6.45, 7) is 8.13. The molecule has 0 N–H and O–H groups in total. The second kappa shape index (κ2) is 9.27.